The van der Waals surface area contributed by atoms with E-state index in [2.05, 4.69) is 10.2 Å². The lowest BCUT2D eigenvalue weighted by molar-refractivity contribution is -0.117. The summed E-state index contributed by atoms with van der Waals surface area (Å²) in [7, 11) is -2.14. The van der Waals surface area contributed by atoms with Crippen LogP contribution in [0.4, 0.5) is 17.1 Å². The standard InChI is InChI=1S/C22H29N3O4S/c1-4-21(25(30(3,27)28)19-11-13-20(29-2)14-12-19)22(26)23-17-7-9-18(10-8-17)24-15-5-6-16-24/h7-14,21H,4-6,15-16H2,1-3H3,(H,23,26)/t21-/m0/s1. The van der Waals surface area contributed by atoms with E-state index in [1.54, 1.807) is 38.3 Å². The van der Waals surface area contributed by atoms with Gasteiger partial charge in [-0.15, -0.1) is 0 Å². The van der Waals surface area contributed by atoms with E-state index in [0.717, 1.165) is 25.0 Å². The van der Waals surface area contributed by atoms with Crippen LogP contribution in [0.2, 0.25) is 0 Å². The molecule has 0 aliphatic carbocycles. The number of hydrogen-bond acceptors (Lipinski definition) is 5. The first-order valence-electron chi connectivity index (χ1n) is 10.1. The summed E-state index contributed by atoms with van der Waals surface area (Å²) in [5.74, 6) is 0.246. The van der Waals surface area contributed by atoms with Crippen LogP contribution in [0.1, 0.15) is 26.2 Å². The molecule has 8 heteroatoms. The maximum absolute atomic E-state index is 13.0. The number of nitrogens with one attached hydrogen (secondary N) is 1. The molecule has 1 fully saturated rings. The Bertz CT molecular complexity index is 953. The number of carbonyl (C=O) groups is 1. The summed E-state index contributed by atoms with van der Waals surface area (Å²) in [6.07, 6.45) is 3.83. The predicted molar refractivity (Wildman–Crippen MR) is 121 cm³/mol. The van der Waals surface area contributed by atoms with E-state index in [1.165, 1.54) is 17.1 Å². The summed E-state index contributed by atoms with van der Waals surface area (Å²) in [4.78, 5) is 15.3. The Hall–Kier alpha value is -2.74. The summed E-state index contributed by atoms with van der Waals surface area (Å²) in [6.45, 7) is 3.89. The van der Waals surface area contributed by atoms with Gasteiger partial charge in [0.05, 0.1) is 19.1 Å². The lowest BCUT2D eigenvalue weighted by Gasteiger charge is -2.30. The van der Waals surface area contributed by atoms with Gasteiger partial charge in [0.25, 0.3) is 0 Å². The molecular formula is C22H29N3O4S. The fourth-order valence-electron chi connectivity index (χ4n) is 3.75. The van der Waals surface area contributed by atoms with Crippen LogP contribution >= 0.6 is 0 Å². The summed E-state index contributed by atoms with van der Waals surface area (Å²) >= 11 is 0. The van der Waals surface area contributed by atoms with Crippen molar-refractivity contribution in [2.24, 2.45) is 0 Å². The number of rotatable bonds is 8. The zero-order valence-corrected chi connectivity index (χ0v) is 18.5. The number of benzene rings is 2. The van der Waals surface area contributed by atoms with Gasteiger partial charge < -0.3 is 15.0 Å². The second kappa shape index (κ2) is 9.38. The number of sulfonamides is 1. The van der Waals surface area contributed by atoms with Gasteiger partial charge in [0.2, 0.25) is 15.9 Å². The van der Waals surface area contributed by atoms with Gasteiger partial charge in [-0.2, -0.15) is 0 Å². The molecule has 0 bridgehead atoms. The van der Waals surface area contributed by atoms with E-state index in [-0.39, 0.29) is 5.91 Å². The number of hydrogen-bond donors (Lipinski definition) is 1. The maximum Gasteiger partial charge on any atom is 0.248 e. The highest BCUT2D eigenvalue weighted by Crippen LogP contribution is 2.26. The average molecular weight is 432 g/mol. The normalized spacial score (nSPS) is 15.0. The molecule has 1 atom stereocenters. The summed E-state index contributed by atoms with van der Waals surface area (Å²) in [6, 6.07) is 13.4. The SMILES string of the molecule is CC[C@@H](C(=O)Nc1ccc(N2CCCC2)cc1)N(c1ccc(OC)cc1)S(C)(=O)=O. The molecule has 2 aromatic carbocycles. The van der Waals surface area contributed by atoms with Crippen LogP contribution in [-0.2, 0) is 14.8 Å². The Labute approximate surface area is 178 Å². The molecule has 2 aromatic rings. The first-order chi connectivity index (χ1) is 14.3. The number of carbonyl (C=O) groups excluding carboxylic acids is 1. The lowest BCUT2D eigenvalue weighted by atomic mass is 10.1. The minimum atomic E-state index is -3.68. The van der Waals surface area contributed by atoms with Gasteiger partial charge in [-0.25, -0.2) is 8.42 Å². The molecule has 7 nitrogen and oxygen atoms in total. The van der Waals surface area contributed by atoms with Gasteiger partial charge in [-0.05, 0) is 67.8 Å². The molecule has 1 amide bonds. The minimum absolute atomic E-state index is 0.330. The third kappa shape index (κ3) is 5.05. The van der Waals surface area contributed by atoms with Crippen LogP contribution in [-0.4, -0.2) is 46.8 Å². The Morgan fingerprint density at radius 1 is 1.10 bits per heavy atom. The van der Waals surface area contributed by atoms with Crippen molar-refractivity contribution < 1.29 is 17.9 Å². The third-order valence-electron chi connectivity index (χ3n) is 5.26. The van der Waals surface area contributed by atoms with Crippen molar-refractivity contribution in [3.8, 4) is 5.75 Å². The smallest absolute Gasteiger partial charge is 0.248 e. The largest absolute Gasteiger partial charge is 0.497 e. The molecule has 0 spiro atoms. The molecule has 0 radical (unpaired) electrons. The molecule has 0 unspecified atom stereocenters. The van der Waals surface area contributed by atoms with Crippen LogP contribution in [0, 0.1) is 0 Å². The molecule has 0 saturated carbocycles. The monoisotopic (exact) mass is 431 g/mol. The van der Waals surface area contributed by atoms with Crippen molar-refractivity contribution in [2.75, 3.05) is 41.0 Å². The summed E-state index contributed by atoms with van der Waals surface area (Å²) in [5, 5.41) is 2.87. The predicted octanol–water partition coefficient (Wildman–Crippen LogP) is 3.48. The highest BCUT2D eigenvalue weighted by atomic mass is 32.2. The summed E-state index contributed by atoms with van der Waals surface area (Å²) in [5.41, 5.74) is 2.20. The van der Waals surface area contributed by atoms with Crippen molar-refractivity contribution >= 4 is 33.0 Å². The Morgan fingerprint density at radius 2 is 1.70 bits per heavy atom. The number of amides is 1. The molecule has 1 aliphatic heterocycles. The maximum atomic E-state index is 13.0. The fraction of sp³-hybridized carbons (Fsp3) is 0.409. The summed E-state index contributed by atoms with van der Waals surface area (Å²) < 4.78 is 31.4. The van der Waals surface area contributed by atoms with E-state index in [0.29, 0.717) is 23.5 Å². The first kappa shape index (κ1) is 22.0. The van der Waals surface area contributed by atoms with Gasteiger partial charge in [0.1, 0.15) is 11.8 Å². The van der Waals surface area contributed by atoms with Crippen molar-refractivity contribution in [1.82, 2.24) is 0 Å². The molecule has 1 N–H and O–H groups in total. The third-order valence-corrected chi connectivity index (χ3v) is 6.44. The van der Waals surface area contributed by atoms with Crippen LogP contribution in [0.15, 0.2) is 48.5 Å². The van der Waals surface area contributed by atoms with Gasteiger partial charge in [-0.3, -0.25) is 9.10 Å². The van der Waals surface area contributed by atoms with Crippen LogP contribution in [0.25, 0.3) is 0 Å². The van der Waals surface area contributed by atoms with Crippen molar-refractivity contribution in [1.29, 1.82) is 0 Å². The minimum Gasteiger partial charge on any atom is -0.497 e. The highest BCUT2D eigenvalue weighted by Gasteiger charge is 2.31. The van der Waals surface area contributed by atoms with Crippen LogP contribution in [0.5, 0.6) is 5.75 Å². The highest BCUT2D eigenvalue weighted by molar-refractivity contribution is 7.92. The molecule has 1 saturated heterocycles. The van der Waals surface area contributed by atoms with Crippen molar-refractivity contribution in [2.45, 2.75) is 32.2 Å². The molecule has 3 rings (SSSR count). The first-order valence-corrected chi connectivity index (χ1v) is 12.0. The Morgan fingerprint density at radius 3 is 2.20 bits per heavy atom. The molecule has 0 aromatic heterocycles. The second-order valence-electron chi connectivity index (χ2n) is 7.41. The van der Waals surface area contributed by atoms with E-state index >= 15 is 0 Å². The van der Waals surface area contributed by atoms with Gasteiger partial charge in [0.15, 0.2) is 0 Å². The van der Waals surface area contributed by atoms with Crippen molar-refractivity contribution in [3.05, 3.63) is 48.5 Å². The fourth-order valence-corrected chi connectivity index (χ4v) is 4.96. The zero-order valence-electron chi connectivity index (χ0n) is 17.7. The lowest BCUT2D eigenvalue weighted by Crippen LogP contribution is -2.47. The number of nitrogens with zero attached hydrogens (tertiary/aromatic N) is 2. The molecule has 162 valence electrons. The van der Waals surface area contributed by atoms with Crippen LogP contribution in [0.3, 0.4) is 0 Å². The quantitative estimate of drug-likeness (QED) is 0.692. The van der Waals surface area contributed by atoms with Crippen molar-refractivity contribution in [3.63, 3.8) is 0 Å². The molecule has 30 heavy (non-hydrogen) atoms. The Balaban J connectivity index is 1.79. The van der Waals surface area contributed by atoms with E-state index in [4.69, 9.17) is 4.74 Å². The molecular weight excluding hydrogens is 402 g/mol. The van der Waals surface area contributed by atoms with E-state index in [9.17, 15) is 13.2 Å². The molecule has 1 heterocycles. The average Bonchev–Trinajstić information content (AvgIpc) is 3.26. The number of anilines is 3. The number of ether oxygens (including phenoxy) is 1. The Kier molecular flexibility index (Phi) is 6.87. The van der Waals surface area contributed by atoms with Gasteiger partial charge in [0, 0.05) is 24.5 Å². The second-order valence-corrected chi connectivity index (χ2v) is 9.27. The van der Waals surface area contributed by atoms with Gasteiger partial charge >= 0.3 is 0 Å². The zero-order chi connectivity index (χ0) is 21.7. The number of methoxy groups -OCH3 is 1. The van der Waals surface area contributed by atoms with Crippen LogP contribution < -0.4 is 19.3 Å². The van der Waals surface area contributed by atoms with E-state index < -0.39 is 16.1 Å². The topological polar surface area (TPSA) is 79.0 Å². The molecule has 1 aliphatic rings. The van der Waals surface area contributed by atoms with Gasteiger partial charge in [-0.1, -0.05) is 6.92 Å². The van der Waals surface area contributed by atoms with E-state index in [1.807, 2.05) is 24.3 Å².